The molecule has 0 fully saturated rings. The molecule has 5 aromatic rings. The summed E-state index contributed by atoms with van der Waals surface area (Å²) >= 11 is 3.30. The van der Waals surface area contributed by atoms with Crippen molar-refractivity contribution in [2.24, 2.45) is 0 Å². The summed E-state index contributed by atoms with van der Waals surface area (Å²) in [5.74, 6) is 2.96. The number of thiophene rings is 1. The van der Waals surface area contributed by atoms with Crippen LogP contribution in [0.1, 0.15) is 12.1 Å². The van der Waals surface area contributed by atoms with Gasteiger partial charge in [0.2, 0.25) is 0 Å². The summed E-state index contributed by atoms with van der Waals surface area (Å²) in [5, 5.41) is 17.2. The second kappa shape index (κ2) is 9.66. The van der Waals surface area contributed by atoms with Crippen LogP contribution in [0.15, 0.2) is 72.1 Å². The monoisotopic (exact) mass is 474 g/mol. The highest BCUT2D eigenvalue weighted by atomic mass is 32.1. The molecule has 0 spiro atoms. The second-order valence-electron chi connectivity index (χ2n) is 7.41. The first-order chi connectivity index (χ1) is 16.2. The van der Waals surface area contributed by atoms with Crippen LogP contribution < -0.4 is 4.74 Å². The maximum atomic E-state index is 9.36. The number of rotatable bonds is 8. The third-order valence-corrected chi connectivity index (χ3v) is 7.22. The van der Waals surface area contributed by atoms with Crippen LogP contribution in [-0.2, 0) is 6.54 Å². The Bertz CT molecular complexity index is 1330. The van der Waals surface area contributed by atoms with Gasteiger partial charge in [0.25, 0.3) is 0 Å². The second-order valence-corrected chi connectivity index (χ2v) is 9.36. The number of aliphatic hydroxyl groups excluding tert-OH is 1. The van der Waals surface area contributed by atoms with Crippen LogP contribution >= 0.6 is 22.7 Å². The third kappa shape index (κ3) is 4.73. The molecule has 6 nitrogen and oxygen atoms in total. The first kappa shape index (κ1) is 21.5. The van der Waals surface area contributed by atoms with Gasteiger partial charge in [-0.3, -0.25) is 0 Å². The Morgan fingerprint density at radius 1 is 0.939 bits per heavy atom. The standard InChI is InChI=1S/C25H22N4O2S2/c1-17-22(33-25(26-17)21-9-5-16-32-21)24-27-23(28-29(24)14-6-15-30)18-10-12-20(13-11-18)31-19-7-3-2-4-8-19/h2-5,7-13,16,30H,6,14-15H2,1H3. The van der Waals surface area contributed by atoms with Crippen molar-refractivity contribution in [3.05, 3.63) is 77.8 Å². The highest BCUT2D eigenvalue weighted by Gasteiger charge is 2.20. The summed E-state index contributed by atoms with van der Waals surface area (Å²) in [6, 6.07) is 21.6. The fourth-order valence-corrected chi connectivity index (χ4v) is 5.27. The topological polar surface area (TPSA) is 73.1 Å². The summed E-state index contributed by atoms with van der Waals surface area (Å²) in [6.45, 7) is 2.69. The SMILES string of the molecule is Cc1nc(-c2cccs2)sc1-c1nc(-c2ccc(Oc3ccccc3)cc2)nn1CCCO. The van der Waals surface area contributed by atoms with Crippen molar-refractivity contribution in [1.29, 1.82) is 0 Å². The minimum absolute atomic E-state index is 0.0995. The van der Waals surface area contributed by atoms with E-state index >= 15 is 0 Å². The summed E-state index contributed by atoms with van der Waals surface area (Å²) in [6.07, 6.45) is 0.606. The molecule has 0 saturated heterocycles. The van der Waals surface area contributed by atoms with Gasteiger partial charge >= 0.3 is 0 Å². The molecule has 0 aliphatic heterocycles. The Balaban J connectivity index is 1.46. The van der Waals surface area contributed by atoms with E-state index in [-0.39, 0.29) is 6.61 Å². The smallest absolute Gasteiger partial charge is 0.181 e. The van der Waals surface area contributed by atoms with Crippen LogP contribution in [-0.4, -0.2) is 31.5 Å². The quantitative estimate of drug-likeness (QED) is 0.286. The molecule has 5 rings (SSSR count). The lowest BCUT2D eigenvalue weighted by Gasteiger charge is -2.05. The van der Waals surface area contributed by atoms with Crippen molar-refractivity contribution in [1.82, 2.24) is 19.7 Å². The fraction of sp³-hybridized carbons (Fsp3) is 0.160. The van der Waals surface area contributed by atoms with E-state index in [0.717, 1.165) is 43.3 Å². The number of thiazole rings is 1. The van der Waals surface area contributed by atoms with E-state index in [9.17, 15) is 5.11 Å². The minimum atomic E-state index is 0.0995. The minimum Gasteiger partial charge on any atom is -0.457 e. The van der Waals surface area contributed by atoms with Crippen LogP contribution in [0.5, 0.6) is 11.5 Å². The number of hydrogen-bond acceptors (Lipinski definition) is 7. The molecule has 0 bridgehead atoms. The highest BCUT2D eigenvalue weighted by molar-refractivity contribution is 7.22. The molecular weight excluding hydrogens is 452 g/mol. The van der Waals surface area contributed by atoms with Gasteiger partial charge in [-0.15, -0.1) is 22.7 Å². The molecule has 0 aliphatic rings. The van der Waals surface area contributed by atoms with E-state index in [1.54, 1.807) is 22.7 Å². The Hall–Kier alpha value is -3.33. The van der Waals surface area contributed by atoms with Gasteiger partial charge < -0.3 is 9.84 Å². The molecule has 166 valence electrons. The molecule has 0 radical (unpaired) electrons. The molecule has 33 heavy (non-hydrogen) atoms. The molecule has 1 N–H and O–H groups in total. The first-order valence-electron chi connectivity index (χ1n) is 10.6. The average Bonchev–Trinajstić information content (AvgIpc) is 3.59. The first-order valence-corrected chi connectivity index (χ1v) is 12.3. The molecular formula is C25H22N4O2S2. The van der Waals surface area contributed by atoms with Gasteiger partial charge in [0.15, 0.2) is 11.6 Å². The van der Waals surface area contributed by atoms with Crippen LogP contribution in [0, 0.1) is 6.92 Å². The van der Waals surface area contributed by atoms with Crippen LogP contribution in [0.4, 0.5) is 0 Å². The highest BCUT2D eigenvalue weighted by Crippen LogP contribution is 2.37. The lowest BCUT2D eigenvalue weighted by Crippen LogP contribution is -2.04. The number of nitrogens with zero attached hydrogens (tertiary/aromatic N) is 4. The van der Waals surface area contributed by atoms with Gasteiger partial charge in [-0.2, -0.15) is 5.10 Å². The van der Waals surface area contributed by atoms with Gasteiger partial charge in [0, 0.05) is 18.7 Å². The van der Waals surface area contributed by atoms with Gasteiger partial charge in [0.05, 0.1) is 15.4 Å². The van der Waals surface area contributed by atoms with Crippen LogP contribution in [0.25, 0.3) is 32.0 Å². The van der Waals surface area contributed by atoms with E-state index in [4.69, 9.17) is 19.8 Å². The molecule has 0 amide bonds. The molecule has 8 heteroatoms. The van der Waals surface area contributed by atoms with Gasteiger partial charge in [-0.1, -0.05) is 24.3 Å². The maximum absolute atomic E-state index is 9.36. The average molecular weight is 475 g/mol. The Labute approximate surface area is 199 Å². The normalized spacial score (nSPS) is 11.1. The Morgan fingerprint density at radius 2 is 1.73 bits per heavy atom. The lowest BCUT2D eigenvalue weighted by molar-refractivity contribution is 0.277. The van der Waals surface area contributed by atoms with Gasteiger partial charge in [-0.05, 0) is 61.2 Å². The Kier molecular flexibility index (Phi) is 6.30. The number of hydrogen-bond donors (Lipinski definition) is 1. The Morgan fingerprint density at radius 3 is 2.45 bits per heavy atom. The number of benzene rings is 2. The summed E-state index contributed by atoms with van der Waals surface area (Å²) in [5.41, 5.74) is 1.83. The number of para-hydroxylation sites is 1. The van der Waals surface area contributed by atoms with Crippen molar-refractivity contribution >= 4 is 22.7 Å². The van der Waals surface area contributed by atoms with E-state index in [2.05, 4.69) is 11.4 Å². The molecule has 0 aliphatic carbocycles. The third-order valence-electron chi connectivity index (χ3n) is 5.02. The van der Waals surface area contributed by atoms with Crippen molar-refractivity contribution in [2.45, 2.75) is 19.9 Å². The largest absolute Gasteiger partial charge is 0.457 e. The summed E-state index contributed by atoms with van der Waals surface area (Å²) in [7, 11) is 0. The zero-order valence-electron chi connectivity index (χ0n) is 18.0. The zero-order chi connectivity index (χ0) is 22.6. The number of aromatic nitrogens is 4. The zero-order valence-corrected chi connectivity index (χ0v) is 19.6. The van der Waals surface area contributed by atoms with Crippen LogP contribution in [0.2, 0.25) is 0 Å². The van der Waals surface area contributed by atoms with Crippen molar-refractivity contribution < 1.29 is 9.84 Å². The lowest BCUT2D eigenvalue weighted by atomic mass is 10.2. The molecule has 2 aromatic carbocycles. The van der Waals surface area contributed by atoms with Crippen molar-refractivity contribution in [3.63, 3.8) is 0 Å². The number of ether oxygens (including phenoxy) is 1. The fourth-order valence-electron chi connectivity index (χ4n) is 3.41. The molecule has 0 unspecified atom stereocenters. The number of aryl methyl sites for hydroxylation is 2. The van der Waals surface area contributed by atoms with E-state index in [1.165, 1.54) is 0 Å². The van der Waals surface area contributed by atoms with Gasteiger partial charge in [0.1, 0.15) is 16.5 Å². The molecule has 0 saturated carbocycles. The van der Waals surface area contributed by atoms with E-state index in [1.807, 2.05) is 72.3 Å². The van der Waals surface area contributed by atoms with E-state index < -0.39 is 0 Å². The molecule has 0 atom stereocenters. The predicted molar refractivity (Wildman–Crippen MR) is 133 cm³/mol. The predicted octanol–water partition coefficient (Wildman–Crippen LogP) is 6.28. The molecule has 3 aromatic heterocycles. The number of aliphatic hydroxyl groups is 1. The van der Waals surface area contributed by atoms with Gasteiger partial charge in [-0.25, -0.2) is 14.6 Å². The summed E-state index contributed by atoms with van der Waals surface area (Å²) < 4.78 is 7.77. The van der Waals surface area contributed by atoms with Crippen molar-refractivity contribution in [3.8, 4) is 43.5 Å². The molecule has 3 heterocycles. The maximum Gasteiger partial charge on any atom is 0.181 e. The van der Waals surface area contributed by atoms with E-state index in [0.29, 0.717) is 18.8 Å². The summed E-state index contributed by atoms with van der Waals surface area (Å²) in [4.78, 5) is 11.8. The van der Waals surface area contributed by atoms with Crippen LogP contribution in [0.3, 0.4) is 0 Å². The van der Waals surface area contributed by atoms with Crippen molar-refractivity contribution in [2.75, 3.05) is 6.61 Å².